The van der Waals surface area contributed by atoms with Gasteiger partial charge in [0.05, 0.1) is 40.2 Å². The van der Waals surface area contributed by atoms with Crippen LogP contribution in [-0.4, -0.2) is 64.1 Å². The summed E-state index contributed by atoms with van der Waals surface area (Å²) in [7, 11) is 3.16. The second-order valence-electron chi connectivity index (χ2n) is 4.79. The summed E-state index contributed by atoms with van der Waals surface area (Å²) in [4.78, 5) is 13.8. The third kappa shape index (κ3) is 4.71. The van der Waals surface area contributed by atoms with Gasteiger partial charge in [-0.2, -0.15) is 5.10 Å². The number of hydrogen-bond donors (Lipinski definition) is 1. The van der Waals surface area contributed by atoms with E-state index in [9.17, 15) is 4.79 Å². The smallest absolute Gasteiger partial charge is 0.254 e. The molecule has 1 aliphatic heterocycles. The van der Waals surface area contributed by atoms with Gasteiger partial charge in [0.2, 0.25) is 0 Å². The molecule has 1 aromatic rings. The number of amides is 1. The Labute approximate surface area is 129 Å². The molecule has 2 rings (SSSR count). The fourth-order valence-electron chi connectivity index (χ4n) is 2.10. The fraction of sp³-hybridized carbons (Fsp3) is 0.467. The van der Waals surface area contributed by atoms with Crippen LogP contribution in [0.15, 0.2) is 23.3 Å². The first kappa shape index (κ1) is 16.3. The summed E-state index contributed by atoms with van der Waals surface area (Å²) in [5.74, 6) is 1.18. The van der Waals surface area contributed by atoms with Crippen molar-refractivity contribution in [3.63, 3.8) is 0 Å². The van der Waals surface area contributed by atoms with Crippen LogP contribution in [-0.2, 0) is 9.53 Å². The van der Waals surface area contributed by atoms with Gasteiger partial charge in [0.15, 0.2) is 0 Å². The number of carbonyl (C=O) groups is 1. The third-order valence-electron chi connectivity index (χ3n) is 3.30. The van der Waals surface area contributed by atoms with Crippen LogP contribution in [0.25, 0.3) is 0 Å². The monoisotopic (exact) mass is 307 g/mol. The minimum Gasteiger partial charge on any atom is -0.497 e. The summed E-state index contributed by atoms with van der Waals surface area (Å²) in [5.41, 5.74) is 3.28. The van der Waals surface area contributed by atoms with E-state index in [4.69, 9.17) is 14.2 Å². The molecule has 120 valence electrons. The zero-order chi connectivity index (χ0) is 15.8. The van der Waals surface area contributed by atoms with Crippen LogP contribution in [0.1, 0.15) is 5.56 Å². The maximum Gasteiger partial charge on any atom is 0.254 e. The van der Waals surface area contributed by atoms with Gasteiger partial charge >= 0.3 is 0 Å². The second kappa shape index (κ2) is 8.35. The van der Waals surface area contributed by atoms with Crippen molar-refractivity contribution in [1.82, 2.24) is 10.3 Å². The summed E-state index contributed by atoms with van der Waals surface area (Å²) >= 11 is 0. The Kier molecular flexibility index (Phi) is 6.17. The molecule has 1 fully saturated rings. The van der Waals surface area contributed by atoms with Crippen LogP contribution in [0.3, 0.4) is 0 Å². The number of hydrazone groups is 1. The van der Waals surface area contributed by atoms with E-state index in [-0.39, 0.29) is 5.91 Å². The molecule has 0 atom stereocenters. The van der Waals surface area contributed by atoms with Crippen molar-refractivity contribution in [2.24, 2.45) is 5.10 Å². The molecule has 7 nitrogen and oxygen atoms in total. The van der Waals surface area contributed by atoms with Gasteiger partial charge in [-0.05, 0) is 12.1 Å². The number of nitrogens with zero attached hydrogens (tertiary/aromatic N) is 2. The summed E-state index contributed by atoms with van der Waals surface area (Å²) in [6.45, 7) is 3.19. The Morgan fingerprint density at radius 1 is 1.36 bits per heavy atom. The van der Waals surface area contributed by atoms with Crippen molar-refractivity contribution < 1.29 is 19.0 Å². The van der Waals surface area contributed by atoms with Gasteiger partial charge in [0.1, 0.15) is 11.5 Å². The van der Waals surface area contributed by atoms with E-state index in [1.165, 1.54) is 0 Å². The summed E-state index contributed by atoms with van der Waals surface area (Å²) in [6, 6.07) is 5.38. The van der Waals surface area contributed by atoms with Crippen molar-refractivity contribution in [3.8, 4) is 11.5 Å². The summed E-state index contributed by atoms with van der Waals surface area (Å²) in [6.07, 6.45) is 1.55. The van der Waals surface area contributed by atoms with Crippen molar-refractivity contribution in [3.05, 3.63) is 23.8 Å². The van der Waals surface area contributed by atoms with E-state index in [2.05, 4.69) is 10.5 Å². The molecule has 1 aromatic carbocycles. The highest BCUT2D eigenvalue weighted by molar-refractivity contribution is 5.86. The minimum absolute atomic E-state index is 0.148. The number of carbonyl (C=O) groups excluding carboxylic acids is 1. The Hall–Kier alpha value is -2.12. The van der Waals surface area contributed by atoms with E-state index < -0.39 is 0 Å². The Bertz CT molecular complexity index is 528. The molecule has 7 heteroatoms. The summed E-state index contributed by atoms with van der Waals surface area (Å²) in [5, 5.41) is 3.97. The van der Waals surface area contributed by atoms with Gasteiger partial charge in [-0.3, -0.25) is 9.69 Å². The number of ether oxygens (including phenoxy) is 3. The van der Waals surface area contributed by atoms with Crippen LogP contribution < -0.4 is 14.9 Å². The predicted molar refractivity (Wildman–Crippen MR) is 82.5 cm³/mol. The quantitative estimate of drug-likeness (QED) is 0.611. The first-order valence-corrected chi connectivity index (χ1v) is 7.07. The number of benzene rings is 1. The van der Waals surface area contributed by atoms with Crippen molar-refractivity contribution in [1.29, 1.82) is 0 Å². The molecule has 0 spiro atoms. The fourth-order valence-corrected chi connectivity index (χ4v) is 2.10. The van der Waals surface area contributed by atoms with Crippen LogP contribution in [0.4, 0.5) is 0 Å². The molecule has 1 N–H and O–H groups in total. The average molecular weight is 307 g/mol. The molecule has 0 unspecified atom stereocenters. The first-order chi connectivity index (χ1) is 10.7. The topological polar surface area (TPSA) is 72.4 Å². The minimum atomic E-state index is -0.148. The first-order valence-electron chi connectivity index (χ1n) is 7.07. The maximum atomic E-state index is 11.8. The molecule has 1 saturated heterocycles. The third-order valence-corrected chi connectivity index (χ3v) is 3.30. The normalized spacial score (nSPS) is 15.7. The van der Waals surface area contributed by atoms with Crippen molar-refractivity contribution in [2.45, 2.75) is 0 Å². The van der Waals surface area contributed by atoms with Crippen molar-refractivity contribution in [2.75, 3.05) is 47.1 Å². The number of methoxy groups -OCH3 is 2. The maximum absolute atomic E-state index is 11.8. The average Bonchev–Trinajstić information content (AvgIpc) is 2.56. The van der Waals surface area contributed by atoms with E-state index in [1.54, 1.807) is 32.6 Å². The molecule has 1 heterocycles. The lowest BCUT2D eigenvalue weighted by molar-refractivity contribution is -0.123. The lowest BCUT2D eigenvalue weighted by Gasteiger charge is -2.25. The van der Waals surface area contributed by atoms with Gasteiger partial charge in [-0.1, -0.05) is 0 Å². The van der Waals surface area contributed by atoms with Gasteiger partial charge in [0.25, 0.3) is 5.91 Å². The van der Waals surface area contributed by atoms with E-state index in [1.807, 2.05) is 11.0 Å². The van der Waals surface area contributed by atoms with Gasteiger partial charge in [0, 0.05) is 24.7 Å². The van der Waals surface area contributed by atoms with Crippen LogP contribution in [0, 0.1) is 0 Å². The number of hydrogen-bond acceptors (Lipinski definition) is 6. The molecule has 0 aromatic heterocycles. The van der Waals surface area contributed by atoms with Gasteiger partial charge < -0.3 is 14.2 Å². The number of rotatable bonds is 6. The van der Waals surface area contributed by atoms with Crippen LogP contribution >= 0.6 is 0 Å². The summed E-state index contributed by atoms with van der Waals surface area (Å²) < 4.78 is 15.6. The Balaban J connectivity index is 1.87. The molecule has 0 radical (unpaired) electrons. The van der Waals surface area contributed by atoms with Crippen molar-refractivity contribution >= 4 is 12.1 Å². The molecule has 0 saturated carbocycles. The second-order valence-corrected chi connectivity index (χ2v) is 4.79. The highest BCUT2D eigenvalue weighted by atomic mass is 16.5. The number of morpholine rings is 1. The molecule has 0 bridgehead atoms. The van der Waals surface area contributed by atoms with Crippen LogP contribution in [0.2, 0.25) is 0 Å². The molecule has 0 aliphatic carbocycles. The SMILES string of the molecule is COc1ccc(/C=N\NC(=O)CN2CCOCC2)c(OC)c1. The largest absolute Gasteiger partial charge is 0.497 e. The van der Waals surface area contributed by atoms with E-state index in [0.717, 1.165) is 18.7 Å². The lowest BCUT2D eigenvalue weighted by Crippen LogP contribution is -2.42. The molecular weight excluding hydrogens is 286 g/mol. The number of nitrogens with one attached hydrogen (secondary N) is 1. The highest BCUT2D eigenvalue weighted by Crippen LogP contribution is 2.22. The Morgan fingerprint density at radius 3 is 2.82 bits per heavy atom. The van der Waals surface area contributed by atoms with Crippen LogP contribution in [0.5, 0.6) is 11.5 Å². The zero-order valence-electron chi connectivity index (χ0n) is 12.9. The van der Waals surface area contributed by atoms with Gasteiger partial charge in [-0.15, -0.1) is 0 Å². The van der Waals surface area contributed by atoms with Gasteiger partial charge in [-0.25, -0.2) is 5.43 Å². The molecule has 22 heavy (non-hydrogen) atoms. The Morgan fingerprint density at radius 2 is 2.14 bits per heavy atom. The predicted octanol–water partition coefficient (Wildman–Crippen LogP) is 0.486. The zero-order valence-corrected chi connectivity index (χ0v) is 12.9. The molecule has 1 aliphatic rings. The molecular formula is C15H21N3O4. The highest BCUT2D eigenvalue weighted by Gasteiger charge is 2.13. The lowest BCUT2D eigenvalue weighted by atomic mass is 10.2. The van der Waals surface area contributed by atoms with E-state index in [0.29, 0.717) is 31.3 Å². The molecule has 1 amide bonds. The van der Waals surface area contributed by atoms with E-state index >= 15 is 0 Å². The standard InChI is InChI=1S/C15H21N3O4/c1-20-13-4-3-12(14(9-13)21-2)10-16-17-15(19)11-18-5-7-22-8-6-18/h3-4,9-10H,5-8,11H2,1-2H3,(H,17,19)/b16-10-.